The number of rotatable bonds is 2. The Morgan fingerprint density at radius 2 is 1.59 bits per heavy atom. The van der Waals surface area contributed by atoms with E-state index in [0.717, 1.165) is 0 Å². The van der Waals surface area contributed by atoms with Crippen LogP contribution in [0.1, 0.15) is 50.6 Å². The Balaban J connectivity index is 2.18. The summed E-state index contributed by atoms with van der Waals surface area (Å²) in [4.78, 5) is 2.53. The first kappa shape index (κ1) is 12.4. The first-order valence-corrected chi connectivity index (χ1v) is 6.88. The molecule has 2 heteroatoms. The molecule has 1 aromatic rings. The van der Waals surface area contributed by atoms with E-state index in [1.54, 1.807) is 0 Å². The molecular formula is C15H24N2. The Hall–Kier alpha value is -1.02. The van der Waals surface area contributed by atoms with Crippen LogP contribution in [0.2, 0.25) is 0 Å². The molecule has 1 aliphatic heterocycles. The van der Waals surface area contributed by atoms with E-state index < -0.39 is 0 Å². The van der Waals surface area contributed by atoms with E-state index in [-0.39, 0.29) is 6.04 Å². The highest BCUT2D eigenvalue weighted by Gasteiger charge is 2.14. The lowest BCUT2D eigenvalue weighted by molar-refractivity contribution is 0.555. The van der Waals surface area contributed by atoms with Crippen LogP contribution in [0.5, 0.6) is 0 Å². The van der Waals surface area contributed by atoms with Gasteiger partial charge in [0.1, 0.15) is 0 Å². The van der Waals surface area contributed by atoms with Crippen molar-refractivity contribution in [2.24, 2.45) is 5.73 Å². The monoisotopic (exact) mass is 232 g/mol. The molecule has 94 valence electrons. The van der Waals surface area contributed by atoms with E-state index >= 15 is 0 Å². The molecule has 2 nitrogen and oxygen atoms in total. The predicted octanol–water partition coefficient (Wildman–Crippen LogP) is 3.48. The van der Waals surface area contributed by atoms with Crippen molar-refractivity contribution in [1.29, 1.82) is 0 Å². The van der Waals surface area contributed by atoms with Gasteiger partial charge in [-0.2, -0.15) is 0 Å². The summed E-state index contributed by atoms with van der Waals surface area (Å²) in [7, 11) is 0. The molecule has 1 saturated heterocycles. The fraction of sp³-hybridized carbons (Fsp3) is 0.600. The smallest absolute Gasteiger partial charge is 0.0414 e. The second kappa shape index (κ2) is 6.06. The molecule has 1 aromatic carbocycles. The Kier molecular flexibility index (Phi) is 4.43. The zero-order chi connectivity index (χ0) is 12.1. The molecule has 0 aromatic heterocycles. The van der Waals surface area contributed by atoms with Crippen LogP contribution in [-0.4, -0.2) is 13.1 Å². The number of hydrogen-bond donors (Lipinski definition) is 1. The summed E-state index contributed by atoms with van der Waals surface area (Å²) in [5, 5.41) is 0. The molecule has 2 N–H and O–H groups in total. The average molecular weight is 232 g/mol. The minimum atomic E-state index is 0.122. The van der Waals surface area contributed by atoms with Crippen LogP contribution in [0.4, 0.5) is 5.69 Å². The van der Waals surface area contributed by atoms with Crippen LogP contribution in [0.15, 0.2) is 24.3 Å². The lowest BCUT2D eigenvalue weighted by atomic mass is 10.0. The van der Waals surface area contributed by atoms with Crippen LogP contribution >= 0.6 is 0 Å². The normalized spacial score (nSPS) is 19.5. The third-order valence-corrected chi connectivity index (χ3v) is 3.62. The van der Waals surface area contributed by atoms with Crippen LogP contribution in [0, 0.1) is 0 Å². The molecule has 17 heavy (non-hydrogen) atoms. The van der Waals surface area contributed by atoms with Gasteiger partial charge in [0.2, 0.25) is 0 Å². The maximum Gasteiger partial charge on any atom is 0.0414 e. The molecule has 1 fully saturated rings. The zero-order valence-electron chi connectivity index (χ0n) is 10.9. The molecule has 0 amide bonds. The van der Waals surface area contributed by atoms with Crippen LogP contribution in [0.25, 0.3) is 0 Å². The van der Waals surface area contributed by atoms with Gasteiger partial charge in [0.25, 0.3) is 0 Å². The highest BCUT2D eigenvalue weighted by molar-refractivity contribution is 5.54. The van der Waals surface area contributed by atoms with Gasteiger partial charge in [-0.1, -0.05) is 37.5 Å². The minimum Gasteiger partial charge on any atom is -0.371 e. The van der Waals surface area contributed by atoms with E-state index in [1.165, 1.54) is 56.4 Å². The Bertz CT molecular complexity index is 339. The molecule has 0 bridgehead atoms. The van der Waals surface area contributed by atoms with Crippen LogP contribution in [-0.2, 0) is 0 Å². The van der Waals surface area contributed by atoms with E-state index in [2.05, 4.69) is 36.1 Å². The summed E-state index contributed by atoms with van der Waals surface area (Å²) >= 11 is 0. The Labute approximate surface area is 105 Å². The third-order valence-electron chi connectivity index (χ3n) is 3.62. The lowest BCUT2D eigenvalue weighted by Gasteiger charge is -2.29. The average Bonchev–Trinajstić information content (AvgIpc) is 2.28. The van der Waals surface area contributed by atoms with Gasteiger partial charge in [-0.15, -0.1) is 0 Å². The number of anilines is 1. The maximum absolute atomic E-state index is 6.06. The van der Waals surface area contributed by atoms with Crippen molar-refractivity contribution in [2.75, 3.05) is 18.0 Å². The largest absolute Gasteiger partial charge is 0.371 e. The Morgan fingerprint density at radius 1 is 1.00 bits per heavy atom. The molecule has 1 heterocycles. The summed E-state index contributed by atoms with van der Waals surface area (Å²) < 4.78 is 0. The molecular weight excluding hydrogens is 208 g/mol. The van der Waals surface area contributed by atoms with Gasteiger partial charge in [0, 0.05) is 24.8 Å². The summed E-state index contributed by atoms with van der Waals surface area (Å²) in [6.45, 7) is 4.44. The highest BCUT2D eigenvalue weighted by Crippen LogP contribution is 2.26. The van der Waals surface area contributed by atoms with E-state index in [1.807, 2.05) is 0 Å². The standard InChI is InChI=1S/C15H24N2/c1-13(16)14-9-5-6-10-15(14)17-11-7-3-2-4-8-12-17/h5-6,9-10,13H,2-4,7-8,11-12,16H2,1H3/t13-/m1/s1. The Morgan fingerprint density at radius 3 is 2.24 bits per heavy atom. The third kappa shape index (κ3) is 3.22. The molecule has 1 atom stereocenters. The van der Waals surface area contributed by atoms with Gasteiger partial charge in [-0.3, -0.25) is 0 Å². The number of hydrogen-bond acceptors (Lipinski definition) is 2. The van der Waals surface area contributed by atoms with Crippen molar-refractivity contribution in [3.8, 4) is 0 Å². The van der Waals surface area contributed by atoms with Crippen molar-refractivity contribution >= 4 is 5.69 Å². The topological polar surface area (TPSA) is 29.3 Å². The lowest BCUT2D eigenvalue weighted by Crippen LogP contribution is -2.28. The maximum atomic E-state index is 6.06. The van der Waals surface area contributed by atoms with Crippen LogP contribution in [0.3, 0.4) is 0 Å². The van der Waals surface area contributed by atoms with Gasteiger partial charge >= 0.3 is 0 Å². The molecule has 0 radical (unpaired) electrons. The van der Waals surface area contributed by atoms with Gasteiger partial charge < -0.3 is 10.6 Å². The van der Waals surface area contributed by atoms with Gasteiger partial charge in [-0.25, -0.2) is 0 Å². The van der Waals surface area contributed by atoms with Crippen LogP contribution < -0.4 is 10.6 Å². The first-order chi connectivity index (χ1) is 8.29. The number of nitrogens with zero attached hydrogens (tertiary/aromatic N) is 1. The number of para-hydroxylation sites is 1. The van der Waals surface area contributed by atoms with Crippen molar-refractivity contribution in [1.82, 2.24) is 0 Å². The van der Waals surface area contributed by atoms with Crippen molar-refractivity contribution in [3.05, 3.63) is 29.8 Å². The molecule has 1 aliphatic rings. The van der Waals surface area contributed by atoms with E-state index in [4.69, 9.17) is 5.73 Å². The number of benzene rings is 1. The second-order valence-corrected chi connectivity index (χ2v) is 5.10. The molecule has 0 spiro atoms. The SMILES string of the molecule is C[C@@H](N)c1ccccc1N1CCCCCCC1. The summed E-state index contributed by atoms with van der Waals surface area (Å²) in [6, 6.07) is 8.72. The highest BCUT2D eigenvalue weighted by atomic mass is 15.1. The quantitative estimate of drug-likeness (QED) is 0.846. The minimum absolute atomic E-state index is 0.122. The van der Waals surface area contributed by atoms with Crippen molar-refractivity contribution in [3.63, 3.8) is 0 Å². The molecule has 0 aliphatic carbocycles. The van der Waals surface area contributed by atoms with Crippen molar-refractivity contribution in [2.45, 2.75) is 45.1 Å². The van der Waals surface area contributed by atoms with Gasteiger partial charge in [0.15, 0.2) is 0 Å². The predicted molar refractivity (Wildman–Crippen MR) is 74.3 cm³/mol. The fourth-order valence-electron chi connectivity index (χ4n) is 2.65. The van der Waals surface area contributed by atoms with Gasteiger partial charge in [0.05, 0.1) is 0 Å². The molecule has 0 saturated carbocycles. The summed E-state index contributed by atoms with van der Waals surface area (Å²) in [6.07, 6.45) is 6.77. The van der Waals surface area contributed by atoms with E-state index in [9.17, 15) is 0 Å². The fourth-order valence-corrected chi connectivity index (χ4v) is 2.65. The zero-order valence-corrected chi connectivity index (χ0v) is 10.9. The first-order valence-electron chi connectivity index (χ1n) is 6.88. The van der Waals surface area contributed by atoms with Crippen molar-refractivity contribution < 1.29 is 0 Å². The molecule has 2 rings (SSSR count). The van der Waals surface area contributed by atoms with E-state index in [0.29, 0.717) is 0 Å². The second-order valence-electron chi connectivity index (χ2n) is 5.10. The number of nitrogens with two attached hydrogens (primary N) is 1. The molecule has 0 unspecified atom stereocenters. The van der Waals surface area contributed by atoms with Gasteiger partial charge in [-0.05, 0) is 31.4 Å². The summed E-state index contributed by atoms with van der Waals surface area (Å²) in [5.41, 5.74) is 8.70. The summed E-state index contributed by atoms with van der Waals surface area (Å²) in [5.74, 6) is 0.